The second-order valence-corrected chi connectivity index (χ2v) is 8.43. The van der Waals surface area contributed by atoms with Gasteiger partial charge in [-0.2, -0.15) is 0 Å². The zero-order valence-electron chi connectivity index (χ0n) is 19.2. The first kappa shape index (κ1) is 24.3. The first-order valence-electron chi connectivity index (χ1n) is 11.6. The molecule has 0 aliphatic heterocycles. The smallest absolute Gasteiger partial charge is 0.407 e. The number of benzene rings is 2. The number of rotatable bonds is 11. The van der Waals surface area contributed by atoms with Gasteiger partial charge in [0.05, 0.1) is 0 Å². The molecule has 0 spiro atoms. The highest BCUT2D eigenvalue weighted by Crippen LogP contribution is 2.44. The molecule has 0 aromatic heterocycles. The Labute approximate surface area is 194 Å². The monoisotopic (exact) mass is 452 g/mol. The predicted molar refractivity (Wildman–Crippen MR) is 126 cm³/mol. The predicted octanol–water partition coefficient (Wildman–Crippen LogP) is 4.31. The van der Waals surface area contributed by atoms with Crippen LogP contribution >= 0.6 is 0 Å². The Kier molecular flexibility index (Phi) is 8.46. The average Bonchev–Trinajstić information content (AvgIpc) is 3.13. The summed E-state index contributed by atoms with van der Waals surface area (Å²) in [4.78, 5) is 36.1. The number of amides is 2. The van der Waals surface area contributed by atoms with E-state index in [1.807, 2.05) is 38.1 Å². The number of nitrogens with one attached hydrogen (secondary N) is 2. The number of aliphatic carboxylic acids is 1. The van der Waals surface area contributed by atoms with Crippen LogP contribution in [0.1, 0.15) is 56.6 Å². The molecular formula is C26H32N2O5. The van der Waals surface area contributed by atoms with Crippen molar-refractivity contribution in [2.75, 3.05) is 13.2 Å². The fourth-order valence-electron chi connectivity index (χ4n) is 4.32. The number of carboxylic acid groups (broad SMARTS) is 1. The Morgan fingerprint density at radius 2 is 1.61 bits per heavy atom. The number of carbonyl (C=O) groups is 3. The number of hydrogen-bond acceptors (Lipinski definition) is 4. The first-order chi connectivity index (χ1) is 15.9. The van der Waals surface area contributed by atoms with E-state index in [0.29, 0.717) is 19.3 Å². The van der Waals surface area contributed by atoms with Crippen LogP contribution in [0.4, 0.5) is 4.79 Å². The maximum atomic E-state index is 12.6. The van der Waals surface area contributed by atoms with Gasteiger partial charge in [-0.05, 0) is 34.6 Å². The molecule has 1 aliphatic carbocycles. The van der Waals surface area contributed by atoms with Crippen molar-refractivity contribution in [3.63, 3.8) is 0 Å². The molecule has 3 rings (SSSR count). The van der Waals surface area contributed by atoms with Gasteiger partial charge in [-0.1, -0.05) is 75.2 Å². The standard InChI is InChI=1S/C26H32N2O5/c1-3-9-23(25(31)27-15-17(4-2)14-24(29)30)28-26(32)33-16-22-20-12-7-5-10-18(20)19-11-6-8-13-21(19)22/h5-8,10-13,17,22-23H,3-4,9,14-16H2,1-2H3,(H,27,31)(H,28,32)(H,29,30)/t17?,23-/m0/s1. The molecule has 3 N–H and O–H groups in total. The Morgan fingerprint density at radius 3 is 2.15 bits per heavy atom. The van der Waals surface area contributed by atoms with Gasteiger partial charge in [-0.15, -0.1) is 0 Å². The summed E-state index contributed by atoms with van der Waals surface area (Å²) in [7, 11) is 0. The van der Waals surface area contributed by atoms with Crippen LogP contribution < -0.4 is 10.6 Å². The molecule has 0 saturated carbocycles. The van der Waals surface area contributed by atoms with Crippen molar-refractivity contribution in [3.8, 4) is 11.1 Å². The number of alkyl carbamates (subject to hydrolysis) is 1. The Morgan fingerprint density at radius 1 is 1.00 bits per heavy atom. The minimum atomic E-state index is -0.891. The van der Waals surface area contributed by atoms with Crippen molar-refractivity contribution in [1.82, 2.24) is 10.6 Å². The van der Waals surface area contributed by atoms with Crippen LogP contribution in [-0.2, 0) is 14.3 Å². The van der Waals surface area contributed by atoms with E-state index < -0.39 is 18.1 Å². The summed E-state index contributed by atoms with van der Waals surface area (Å²) in [6.07, 6.45) is 1.17. The zero-order valence-corrected chi connectivity index (χ0v) is 19.2. The molecule has 0 radical (unpaired) electrons. The van der Waals surface area contributed by atoms with Crippen LogP contribution in [0.5, 0.6) is 0 Å². The summed E-state index contributed by atoms with van der Waals surface area (Å²) in [6.45, 7) is 4.25. The summed E-state index contributed by atoms with van der Waals surface area (Å²) in [5, 5.41) is 14.4. The minimum Gasteiger partial charge on any atom is -0.481 e. The van der Waals surface area contributed by atoms with Crippen LogP contribution in [0, 0.1) is 5.92 Å². The zero-order chi connectivity index (χ0) is 23.8. The lowest BCUT2D eigenvalue weighted by molar-refractivity contribution is -0.138. The first-order valence-corrected chi connectivity index (χ1v) is 11.6. The topological polar surface area (TPSA) is 105 Å². The molecule has 0 fully saturated rings. The largest absolute Gasteiger partial charge is 0.481 e. The maximum Gasteiger partial charge on any atom is 0.407 e. The van der Waals surface area contributed by atoms with Crippen LogP contribution in [0.25, 0.3) is 11.1 Å². The van der Waals surface area contributed by atoms with E-state index in [2.05, 4.69) is 34.9 Å². The fourth-order valence-corrected chi connectivity index (χ4v) is 4.32. The van der Waals surface area contributed by atoms with Crippen LogP contribution in [0.3, 0.4) is 0 Å². The van der Waals surface area contributed by atoms with E-state index in [4.69, 9.17) is 9.84 Å². The second kappa shape index (κ2) is 11.5. The van der Waals surface area contributed by atoms with Gasteiger partial charge in [0.2, 0.25) is 5.91 Å². The molecule has 0 heterocycles. The molecule has 1 aliphatic rings. The molecule has 33 heavy (non-hydrogen) atoms. The summed E-state index contributed by atoms with van der Waals surface area (Å²) >= 11 is 0. The molecule has 7 heteroatoms. The number of ether oxygens (including phenoxy) is 1. The van der Waals surface area contributed by atoms with Crippen LogP contribution in [0.15, 0.2) is 48.5 Å². The molecule has 2 aromatic carbocycles. The molecule has 7 nitrogen and oxygen atoms in total. The quantitative estimate of drug-likeness (QED) is 0.471. The third-order valence-electron chi connectivity index (χ3n) is 6.14. The Hall–Kier alpha value is -3.35. The van der Waals surface area contributed by atoms with Crippen molar-refractivity contribution < 1.29 is 24.2 Å². The second-order valence-electron chi connectivity index (χ2n) is 8.43. The van der Waals surface area contributed by atoms with Crippen molar-refractivity contribution in [2.45, 2.75) is 51.5 Å². The van der Waals surface area contributed by atoms with Gasteiger partial charge in [0.25, 0.3) is 0 Å². The van der Waals surface area contributed by atoms with Gasteiger partial charge in [-0.3, -0.25) is 9.59 Å². The molecule has 0 saturated heterocycles. The average molecular weight is 453 g/mol. The van der Waals surface area contributed by atoms with Gasteiger partial charge >= 0.3 is 12.1 Å². The third-order valence-corrected chi connectivity index (χ3v) is 6.14. The summed E-state index contributed by atoms with van der Waals surface area (Å²) in [5.74, 6) is -1.42. The number of carboxylic acids is 1. The van der Waals surface area contributed by atoms with Crippen LogP contribution in [-0.4, -0.2) is 42.3 Å². The van der Waals surface area contributed by atoms with Gasteiger partial charge < -0.3 is 20.5 Å². The maximum absolute atomic E-state index is 12.6. The van der Waals surface area contributed by atoms with E-state index in [-0.39, 0.29) is 37.3 Å². The molecule has 2 atom stereocenters. The van der Waals surface area contributed by atoms with E-state index in [0.717, 1.165) is 22.3 Å². The van der Waals surface area contributed by atoms with E-state index in [1.54, 1.807) is 0 Å². The van der Waals surface area contributed by atoms with Crippen molar-refractivity contribution in [2.24, 2.45) is 5.92 Å². The Bertz CT molecular complexity index is 945. The summed E-state index contributed by atoms with van der Waals surface area (Å²) in [6, 6.07) is 15.5. The SMILES string of the molecule is CCC[C@H](NC(=O)OCC1c2ccccc2-c2ccccc21)C(=O)NCC(CC)CC(=O)O. The highest BCUT2D eigenvalue weighted by atomic mass is 16.5. The van der Waals surface area contributed by atoms with Crippen molar-refractivity contribution >= 4 is 18.0 Å². The van der Waals surface area contributed by atoms with Gasteiger partial charge in [-0.25, -0.2) is 4.79 Å². The van der Waals surface area contributed by atoms with Crippen LogP contribution in [0.2, 0.25) is 0 Å². The lowest BCUT2D eigenvalue weighted by Gasteiger charge is -2.21. The van der Waals surface area contributed by atoms with Gasteiger partial charge in [0.1, 0.15) is 12.6 Å². The van der Waals surface area contributed by atoms with Gasteiger partial charge in [0.15, 0.2) is 0 Å². The van der Waals surface area contributed by atoms with Crippen molar-refractivity contribution in [1.29, 1.82) is 0 Å². The lowest BCUT2D eigenvalue weighted by Crippen LogP contribution is -2.48. The van der Waals surface area contributed by atoms with E-state index in [1.165, 1.54) is 0 Å². The molecular weight excluding hydrogens is 420 g/mol. The molecule has 1 unspecified atom stereocenters. The molecule has 2 amide bonds. The fraction of sp³-hybridized carbons (Fsp3) is 0.423. The van der Waals surface area contributed by atoms with Gasteiger partial charge in [0, 0.05) is 18.9 Å². The Balaban J connectivity index is 1.58. The van der Waals surface area contributed by atoms with E-state index in [9.17, 15) is 14.4 Å². The highest BCUT2D eigenvalue weighted by Gasteiger charge is 2.29. The molecule has 176 valence electrons. The number of carbonyl (C=O) groups excluding carboxylic acids is 2. The van der Waals surface area contributed by atoms with Crippen molar-refractivity contribution in [3.05, 3.63) is 59.7 Å². The highest BCUT2D eigenvalue weighted by molar-refractivity contribution is 5.85. The third kappa shape index (κ3) is 6.12. The summed E-state index contributed by atoms with van der Waals surface area (Å²) < 4.78 is 5.56. The number of fused-ring (bicyclic) bond motifs is 3. The molecule has 0 bridgehead atoms. The number of hydrogen-bond donors (Lipinski definition) is 3. The summed E-state index contributed by atoms with van der Waals surface area (Å²) in [5.41, 5.74) is 4.55. The minimum absolute atomic E-state index is 0.00493. The normalized spacial score (nSPS) is 14.0. The van der Waals surface area contributed by atoms with E-state index >= 15 is 0 Å². The lowest BCUT2D eigenvalue weighted by atomic mass is 9.98. The molecule has 2 aromatic rings.